The molecule has 2 N–H and O–H groups in total. The van der Waals surface area contributed by atoms with Gasteiger partial charge >= 0.3 is 0 Å². The fourth-order valence-corrected chi connectivity index (χ4v) is 4.55. The van der Waals surface area contributed by atoms with E-state index in [4.69, 9.17) is 4.74 Å². The standard InChI is InChI=1S/C15H22N2O5S/c1-17(12-9-23(20,21)10-13(12)18)8-15(19)16-7-11-5-3-4-6-14(11)22-2/h3-6,12-13,18H,7-10H2,1-2H3,(H,16,19)/t12-,13-/m1/s1. The Bertz CT molecular complexity index is 662. The smallest absolute Gasteiger partial charge is 0.234 e. The molecule has 1 heterocycles. The van der Waals surface area contributed by atoms with E-state index < -0.39 is 22.0 Å². The van der Waals surface area contributed by atoms with Gasteiger partial charge in [0.15, 0.2) is 9.84 Å². The van der Waals surface area contributed by atoms with Crippen molar-refractivity contribution < 1.29 is 23.1 Å². The molecular weight excluding hydrogens is 320 g/mol. The molecule has 1 amide bonds. The third-order valence-corrected chi connectivity index (χ3v) is 5.62. The summed E-state index contributed by atoms with van der Waals surface area (Å²) in [6.07, 6.45) is -0.952. The number of amides is 1. The minimum atomic E-state index is -3.23. The number of aliphatic hydroxyl groups is 1. The van der Waals surface area contributed by atoms with Gasteiger partial charge in [0.1, 0.15) is 5.75 Å². The van der Waals surface area contributed by atoms with Crippen molar-refractivity contribution >= 4 is 15.7 Å². The first-order valence-corrected chi connectivity index (χ1v) is 9.12. The van der Waals surface area contributed by atoms with Crippen molar-refractivity contribution in [2.45, 2.75) is 18.7 Å². The second kappa shape index (κ2) is 7.29. The van der Waals surface area contributed by atoms with E-state index >= 15 is 0 Å². The molecule has 0 spiro atoms. The first-order chi connectivity index (χ1) is 10.8. The zero-order chi connectivity index (χ0) is 17.0. The molecule has 0 aliphatic carbocycles. The number of nitrogens with zero attached hydrogens (tertiary/aromatic N) is 1. The van der Waals surface area contributed by atoms with E-state index in [1.807, 2.05) is 24.3 Å². The molecule has 1 aliphatic rings. The Labute approximate surface area is 136 Å². The van der Waals surface area contributed by atoms with E-state index in [0.717, 1.165) is 5.56 Å². The van der Waals surface area contributed by atoms with E-state index in [9.17, 15) is 18.3 Å². The molecule has 0 saturated carbocycles. The predicted molar refractivity (Wildman–Crippen MR) is 85.9 cm³/mol. The summed E-state index contributed by atoms with van der Waals surface area (Å²) in [4.78, 5) is 13.6. The Morgan fingerprint density at radius 1 is 1.39 bits per heavy atom. The number of aliphatic hydroxyl groups excluding tert-OH is 1. The maximum Gasteiger partial charge on any atom is 0.234 e. The molecule has 7 nitrogen and oxygen atoms in total. The SMILES string of the molecule is COc1ccccc1CNC(=O)CN(C)[C@@H]1CS(=O)(=O)C[C@H]1O. The van der Waals surface area contributed by atoms with Crippen LogP contribution in [0.3, 0.4) is 0 Å². The summed E-state index contributed by atoms with van der Waals surface area (Å²) in [6, 6.07) is 6.83. The van der Waals surface area contributed by atoms with Gasteiger partial charge in [-0.3, -0.25) is 9.69 Å². The van der Waals surface area contributed by atoms with Gasteiger partial charge in [0, 0.05) is 12.1 Å². The molecule has 1 aliphatic heterocycles. The predicted octanol–water partition coefficient (Wildman–Crippen LogP) is -0.599. The quantitative estimate of drug-likeness (QED) is 0.717. The van der Waals surface area contributed by atoms with E-state index in [2.05, 4.69) is 5.32 Å². The normalized spacial score (nSPS) is 23.0. The lowest BCUT2D eigenvalue weighted by Crippen LogP contribution is -2.45. The average Bonchev–Trinajstić information content (AvgIpc) is 2.78. The fourth-order valence-electron chi connectivity index (χ4n) is 2.67. The number of carbonyl (C=O) groups is 1. The van der Waals surface area contributed by atoms with Gasteiger partial charge in [0.2, 0.25) is 5.91 Å². The fraction of sp³-hybridized carbons (Fsp3) is 0.533. The molecule has 0 unspecified atom stereocenters. The van der Waals surface area contributed by atoms with Crippen molar-refractivity contribution in [1.82, 2.24) is 10.2 Å². The van der Waals surface area contributed by atoms with Crippen LogP contribution in [-0.4, -0.2) is 68.7 Å². The van der Waals surface area contributed by atoms with Crippen LogP contribution in [0.4, 0.5) is 0 Å². The van der Waals surface area contributed by atoms with Crippen LogP contribution < -0.4 is 10.1 Å². The van der Waals surface area contributed by atoms with Crippen LogP contribution in [0.5, 0.6) is 5.75 Å². The Morgan fingerprint density at radius 3 is 2.70 bits per heavy atom. The largest absolute Gasteiger partial charge is 0.496 e. The summed E-state index contributed by atoms with van der Waals surface area (Å²) in [5, 5.41) is 12.6. The van der Waals surface area contributed by atoms with Crippen molar-refractivity contribution in [1.29, 1.82) is 0 Å². The van der Waals surface area contributed by atoms with Crippen LogP contribution in [0.2, 0.25) is 0 Å². The molecule has 1 aromatic carbocycles. The van der Waals surface area contributed by atoms with E-state index in [1.54, 1.807) is 19.1 Å². The highest BCUT2D eigenvalue weighted by atomic mass is 32.2. The summed E-state index contributed by atoms with van der Waals surface area (Å²) < 4.78 is 28.3. The Kier molecular flexibility index (Phi) is 5.61. The molecule has 8 heteroatoms. The van der Waals surface area contributed by atoms with Crippen LogP contribution >= 0.6 is 0 Å². The van der Waals surface area contributed by atoms with Crippen molar-refractivity contribution in [3.05, 3.63) is 29.8 Å². The Morgan fingerprint density at radius 2 is 2.09 bits per heavy atom. The molecule has 1 fully saturated rings. The molecule has 0 bridgehead atoms. The van der Waals surface area contributed by atoms with Crippen LogP contribution in [0.1, 0.15) is 5.56 Å². The summed E-state index contributed by atoms with van der Waals surface area (Å²) in [7, 11) is -0.0275. The zero-order valence-electron chi connectivity index (χ0n) is 13.2. The van der Waals surface area contributed by atoms with Gasteiger partial charge in [-0.05, 0) is 13.1 Å². The number of likely N-dealkylation sites (N-methyl/N-ethyl adjacent to an activating group) is 1. The summed E-state index contributed by atoms with van der Waals surface area (Å²) in [5.41, 5.74) is 0.856. The van der Waals surface area contributed by atoms with Gasteiger partial charge in [-0.2, -0.15) is 0 Å². The lowest BCUT2D eigenvalue weighted by Gasteiger charge is -2.25. The van der Waals surface area contributed by atoms with Gasteiger partial charge in [0.05, 0.1) is 37.3 Å². The summed E-state index contributed by atoms with van der Waals surface area (Å²) in [5.74, 6) is 0.0864. The van der Waals surface area contributed by atoms with Crippen molar-refractivity contribution in [3.8, 4) is 5.75 Å². The topological polar surface area (TPSA) is 95.9 Å². The molecule has 0 radical (unpaired) electrons. The monoisotopic (exact) mass is 342 g/mol. The van der Waals surface area contributed by atoms with E-state index in [1.165, 1.54) is 0 Å². The molecule has 0 aromatic heterocycles. The Balaban J connectivity index is 1.87. The van der Waals surface area contributed by atoms with Gasteiger partial charge in [-0.15, -0.1) is 0 Å². The molecule has 23 heavy (non-hydrogen) atoms. The first kappa shape index (κ1) is 17.7. The maximum absolute atomic E-state index is 12.0. The first-order valence-electron chi connectivity index (χ1n) is 7.29. The number of ether oxygens (including phenoxy) is 1. The summed E-state index contributed by atoms with van der Waals surface area (Å²) >= 11 is 0. The van der Waals surface area contributed by atoms with E-state index in [-0.39, 0.29) is 24.0 Å². The minimum Gasteiger partial charge on any atom is -0.496 e. The van der Waals surface area contributed by atoms with Crippen LogP contribution in [-0.2, 0) is 21.2 Å². The van der Waals surface area contributed by atoms with Gasteiger partial charge in [-0.25, -0.2) is 8.42 Å². The highest BCUT2D eigenvalue weighted by Gasteiger charge is 2.39. The molecule has 128 valence electrons. The number of benzene rings is 1. The maximum atomic E-state index is 12.0. The molecule has 1 saturated heterocycles. The van der Waals surface area contributed by atoms with Gasteiger partial charge in [-0.1, -0.05) is 18.2 Å². The number of sulfone groups is 1. The summed E-state index contributed by atoms with van der Waals surface area (Å²) in [6.45, 7) is 0.342. The number of nitrogens with one attached hydrogen (secondary N) is 1. The molecule has 2 rings (SSSR count). The highest BCUT2D eigenvalue weighted by molar-refractivity contribution is 7.91. The van der Waals surface area contributed by atoms with Crippen molar-refractivity contribution in [2.75, 3.05) is 32.2 Å². The molecular formula is C15H22N2O5S. The van der Waals surface area contributed by atoms with Crippen LogP contribution in [0.25, 0.3) is 0 Å². The third-order valence-electron chi connectivity index (χ3n) is 3.92. The number of carbonyl (C=O) groups excluding carboxylic acids is 1. The average molecular weight is 342 g/mol. The van der Waals surface area contributed by atoms with Gasteiger partial charge in [0.25, 0.3) is 0 Å². The lowest BCUT2D eigenvalue weighted by molar-refractivity contribution is -0.122. The third kappa shape index (κ3) is 4.66. The number of rotatable bonds is 6. The van der Waals surface area contributed by atoms with Crippen LogP contribution in [0, 0.1) is 0 Å². The Hall–Kier alpha value is -1.64. The minimum absolute atomic E-state index is 0.0202. The van der Waals surface area contributed by atoms with Crippen molar-refractivity contribution in [2.24, 2.45) is 0 Å². The second-order valence-electron chi connectivity index (χ2n) is 5.72. The number of hydrogen-bond acceptors (Lipinski definition) is 6. The number of methoxy groups -OCH3 is 1. The lowest BCUT2D eigenvalue weighted by atomic mass is 10.2. The highest BCUT2D eigenvalue weighted by Crippen LogP contribution is 2.18. The number of para-hydroxylation sites is 1. The van der Waals surface area contributed by atoms with Crippen LogP contribution in [0.15, 0.2) is 24.3 Å². The zero-order valence-corrected chi connectivity index (χ0v) is 14.0. The van der Waals surface area contributed by atoms with E-state index in [0.29, 0.717) is 12.3 Å². The molecule has 1 aromatic rings. The molecule has 2 atom stereocenters. The second-order valence-corrected chi connectivity index (χ2v) is 7.87. The van der Waals surface area contributed by atoms with Gasteiger partial charge < -0.3 is 15.2 Å². The number of hydrogen-bond donors (Lipinski definition) is 2. The van der Waals surface area contributed by atoms with Crippen molar-refractivity contribution in [3.63, 3.8) is 0 Å².